The molecule has 0 aliphatic heterocycles. The van der Waals surface area contributed by atoms with Gasteiger partial charge in [0.2, 0.25) is 0 Å². The highest BCUT2D eigenvalue weighted by Gasteiger charge is 2.10. The van der Waals surface area contributed by atoms with Crippen LogP contribution in [0.2, 0.25) is 0 Å². The molecule has 0 aliphatic carbocycles. The molecule has 6 nitrogen and oxygen atoms in total. The molecule has 0 N–H and O–H groups in total. The Bertz CT molecular complexity index is 566. The minimum absolute atomic E-state index is 0.193. The summed E-state index contributed by atoms with van der Waals surface area (Å²) in [6.45, 7) is 2.97. The summed E-state index contributed by atoms with van der Waals surface area (Å²) in [5.74, 6) is 0.319. The molecule has 6 heteroatoms. The van der Waals surface area contributed by atoms with Gasteiger partial charge in [0, 0.05) is 0 Å². The first-order valence-electron chi connectivity index (χ1n) is 5.87. The molecule has 0 amide bonds. The molecule has 19 heavy (non-hydrogen) atoms. The van der Waals surface area contributed by atoms with E-state index in [0.717, 1.165) is 11.3 Å². The molecular weight excluding hydrogens is 246 g/mol. The van der Waals surface area contributed by atoms with Crippen LogP contribution in [0.3, 0.4) is 0 Å². The second-order valence-corrected chi connectivity index (χ2v) is 4.02. The van der Waals surface area contributed by atoms with E-state index in [0.29, 0.717) is 13.2 Å². The van der Waals surface area contributed by atoms with E-state index in [-0.39, 0.29) is 5.69 Å². The number of nitrogens with zero attached hydrogens (tertiary/aromatic N) is 3. The van der Waals surface area contributed by atoms with Crippen molar-refractivity contribution in [3.8, 4) is 5.75 Å². The number of rotatable bonds is 5. The van der Waals surface area contributed by atoms with Crippen LogP contribution in [0.4, 0.5) is 0 Å². The number of benzene rings is 1. The lowest BCUT2D eigenvalue weighted by atomic mass is 10.2. The van der Waals surface area contributed by atoms with Gasteiger partial charge in [-0.15, -0.1) is 5.10 Å². The highest BCUT2D eigenvalue weighted by Crippen LogP contribution is 2.12. The fourth-order valence-corrected chi connectivity index (χ4v) is 1.57. The van der Waals surface area contributed by atoms with Crippen molar-refractivity contribution in [2.45, 2.75) is 13.5 Å². The fraction of sp³-hybridized carbons (Fsp3) is 0.308. The molecule has 0 aliphatic rings. The molecule has 1 aromatic heterocycles. The summed E-state index contributed by atoms with van der Waals surface area (Å²) in [4.78, 5) is 11.2. The van der Waals surface area contributed by atoms with Crippen molar-refractivity contribution in [1.29, 1.82) is 0 Å². The monoisotopic (exact) mass is 261 g/mol. The summed E-state index contributed by atoms with van der Waals surface area (Å²) in [5, 5.41) is 7.53. The van der Waals surface area contributed by atoms with Gasteiger partial charge in [-0.05, 0) is 24.6 Å². The average Bonchev–Trinajstić information content (AvgIpc) is 2.87. The first-order valence-corrected chi connectivity index (χ1v) is 5.87. The number of hydrogen-bond acceptors (Lipinski definition) is 5. The second-order valence-electron chi connectivity index (χ2n) is 4.02. The number of hydrogen-bond donors (Lipinski definition) is 0. The summed E-state index contributed by atoms with van der Waals surface area (Å²) in [6.07, 6.45) is 1.53. The van der Waals surface area contributed by atoms with Crippen LogP contribution in [-0.4, -0.2) is 34.7 Å². The standard InChI is InChI=1S/C13H15N3O3/c1-10-4-3-5-11(8-10)19-7-6-16-9-12(14-15-16)13(17)18-2/h3-5,8-9H,6-7H2,1-2H3. The minimum atomic E-state index is -0.495. The highest BCUT2D eigenvalue weighted by molar-refractivity contribution is 5.86. The van der Waals surface area contributed by atoms with Crippen molar-refractivity contribution in [1.82, 2.24) is 15.0 Å². The van der Waals surface area contributed by atoms with E-state index in [2.05, 4.69) is 15.0 Å². The molecule has 0 spiro atoms. The Balaban J connectivity index is 1.86. The molecule has 1 heterocycles. The van der Waals surface area contributed by atoms with Crippen LogP contribution in [0.1, 0.15) is 16.1 Å². The average molecular weight is 261 g/mol. The largest absolute Gasteiger partial charge is 0.492 e. The highest BCUT2D eigenvalue weighted by atomic mass is 16.5. The maximum Gasteiger partial charge on any atom is 0.360 e. The van der Waals surface area contributed by atoms with Crippen LogP contribution in [0.25, 0.3) is 0 Å². The molecule has 2 rings (SSSR count). The van der Waals surface area contributed by atoms with E-state index < -0.39 is 5.97 Å². The normalized spacial score (nSPS) is 10.2. The Morgan fingerprint density at radius 1 is 1.42 bits per heavy atom. The Morgan fingerprint density at radius 3 is 3.00 bits per heavy atom. The number of aromatic nitrogens is 3. The van der Waals surface area contributed by atoms with Gasteiger partial charge in [-0.1, -0.05) is 17.3 Å². The van der Waals surface area contributed by atoms with Gasteiger partial charge in [-0.25, -0.2) is 9.48 Å². The number of carbonyl (C=O) groups is 1. The van der Waals surface area contributed by atoms with Gasteiger partial charge in [0.15, 0.2) is 5.69 Å². The summed E-state index contributed by atoms with van der Waals surface area (Å²) in [7, 11) is 1.31. The third-order valence-corrected chi connectivity index (χ3v) is 2.51. The van der Waals surface area contributed by atoms with Gasteiger partial charge in [-0.3, -0.25) is 0 Å². The van der Waals surface area contributed by atoms with E-state index in [1.54, 1.807) is 4.68 Å². The maximum absolute atomic E-state index is 11.2. The topological polar surface area (TPSA) is 66.2 Å². The van der Waals surface area contributed by atoms with Crippen molar-refractivity contribution in [3.05, 3.63) is 41.7 Å². The first-order chi connectivity index (χ1) is 9.19. The zero-order valence-corrected chi connectivity index (χ0v) is 10.9. The van der Waals surface area contributed by atoms with Crippen LogP contribution < -0.4 is 4.74 Å². The quantitative estimate of drug-likeness (QED) is 0.762. The number of aryl methyl sites for hydroxylation is 1. The Kier molecular flexibility index (Phi) is 4.12. The molecule has 0 atom stereocenters. The van der Waals surface area contributed by atoms with Gasteiger partial charge in [0.05, 0.1) is 19.9 Å². The van der Waals surface area contributed by atoms with Gasteiger partial charge >= 0.3 is 5.97 Å². The number of esters is 1. The Morgan fingerprint density at radius 2 is 2.26 bits per heavy atom. The molecule has 0 saturated carbocycles. The SMILES string of the molecule is COC(=O)c1cn(CCOc2cccc(C)c2)nn1. The lowest BCUT2D eigenvalue weighted by Crippen LogP contribution is -2.08. The molecule has 0 radical (unpaired) electrons. The van der Waals surface area contributed by atoms with Crippen LogP contribution in [0, 0.1) is 6.92 Å². The molecule has 0 bridgehead atoms. The Labute approximate surface area is 110 Å². The molecule has 0 fully saturated rings. The molecule has 100 valence electrons. The zero-order chi connectivity index (χ0) is 13.7. The van der Waals surface area contributed by atoms with Gasteiger partial charge in [0.1, 0.15) is 12.4 Å². The van der Waals surface area contributed by atoms with Crippen LogP contribution in [0.15, 0.2) is 30.5 Å². The number of carbonyl (C=O) groups excluding carboxylic acids is 1. The predicted molar refractivity (Wildman–Crippen MR) is 68.0 cm³/mol. The zero-order valence-electron chi connectivity index (χ0n) is 10.9. The van der Waals surface area contributed by atoms with Crippen molar-refractivity contribution >= 4 is 5.97 Å². The summed E-state index contributed by atoms with van der Waals surface area (Å²) >= 11 is 0. The number of methoxy groups -OCH3 is 1. The van der Waals surface area contributed by atoms with Crippen molar-refractivity contribution in [3.63, 3.8) is 0 Å². The van der Waals surface area contributed by atoms with Crippen molar-refractivity contribution < 1.29 is 14.3 Å². The second kappa shape index (κ2) is 5.99. The van der Waals surface area contributed by atoms with Gasteiger partial charge in [0.25, 0.3) is 0 Å². The molecule has 1 aromatic carbocycles. The van der Waals surface area contributed by atoms with Gasteiger partial charge < -0.3 is 9.47 Å². The van der Waals surface area contributed by atoms with E-state index in [9.17, 15) is 4.79 Å². The van der Waals surface area contributed by atoms with E-state index >= 15 is 0 Å². The molecule has 0 unspecified atom stereocenters. The minimum Gasteiger partial charge on any atom is -0.492 e. The van der Waals surface area contributed by atoms with Crippen molar-refractivity contribution in [2.75, 3.05) is 13.7 Å². The third kappa shape index (κ3) is 3.54. The van der Waals surface area contributed by atoms with E-state index in [4.69, 9.17) is 4.74 Å². The lowest BCUT2D eigenvalue weighted by Gasteiger charge is -2.06. The van der Waals surface area contributed by atoms with Crippen LogP contribution in [-0.2, 0) is 11.3 Å². The molecule has 2 aromatic rings. The van der Waals surface area contributed by atoms with Gasteiger partial charge in [-0.2, -0.15) is 0 Å². The number of ether oxygens (including phenoxy) is 2. The predicted octanol–water partition coefficient (Wildman–Crippen LogP) is 1.45. The van der Waals surface area contributed by atoms with Crippen LogP contribution >= 0.6 is 0 Å². The smallest absolute Gasteiger partial charge is 0.360 e. The fourth-order valence-electron chi connectivity index (χ4n) is 1.57. The molecule has 0 saturated heterocycles. The summed E-state index contributed by atoms with van der Waals surface area (Å²) in [5.41, 5.74) is 1.34. The summed E-state index contributed by atoms with van der Waals surface area (Å²) in [6, 6.07) is 7.80. The first kappa shape index (κ1) is 13.1. The summed E-state index contributed by atoms with van der Waals surface area (Å²) < 4.78 is 11.7. The maximum atomic E-state index is 11.2. The third-order valence-electron chi connectivity index (χ3n) is 2.51. The van der Waals surface area contributed by atoms with E-state index in [1.165, 1.54) is 13.3 Å². The van der Waals surface area contributed by atoms with Crippen molar-refractivity contribution in [2.24, 2.45) is 0 Å². The van der Waals surface area contributed by atoms with E-state index in [1.807, 2.05) is 31.2 Å². The lowest BCUT2D eigenvalue weighted by molar-refractivity contribution is 0.0594. The van der Waals surface area contributed by atoms with Crippen LogP contribution in [0.5, 0.6) is 5.75 Å². The molecular formula is C13H15N3O3. The Hall–Kier alpha value is -2.37.